The first-order valence-corrected chi connectivity index (χ1v) is 8.02. The predicted octanol–water partition coefficient (Wildman–Crippen LogP) is 4.03. The van der Waals surface area contributed by atoms with Crippen LogP contribution in [-0.4, -0.2) is 37.2 Å². The van der Waals surface area contributed by atoms with Gasteiger partial charge in [0.2, 0.25) is 0 Å². The van der Waals surface area contributed by atoms with Crippen molar-refractivity contribution in [2.75, 3.05) is 31.6 Å². The number of anilines is 1. The standard InChI is InChI=1S/C16H25ClN2O/c1-3-19-10-5-6-13(9-11-19)18-14-7-8-16(20-4-2)15(17)12-14/h7-8,12-13,18H,3-6,9-11H2,1-2H3. The summed E-state index contributed by atoms with van der Waals surface area (Å²) < 4.78 is 5.46. The second-order valence-electron chi connectivity index (χ2n) is 5.28. The van der Waals surface area contributed by atoms with E-state index in [0.29, 0.717) is 17.7 Å². The fourth-order valence-corrected chi connectivity index (χ4v) is 2.95. The molecule has 1 aromatic carbocycles. The number of benzene rings is 1. The summed E-state index contributed by atoms with van der Waals surface area (Å²) in [5, 5.41) is 4.29. The minimum atomic E-state index is 0.542. The molecule has 0 radical (unpaired) electrons. The molecule has 1 N–H and O–H groups in total. The summed E-state index contributed by atoms with van der Waals surface area (Å²) >= 11 is 6.23. The van der Waals surface area contributed by atoms with Crippen molar-refractivity contribution in [1.29, 1.82) is 0 Å². The maximum atomic E-state index is 6.23. The van der Waals surface area contributed by atoms with Crippen LogP contribution in [0.5, 0.6) is 5.75 Å². The third-order valence-electron chi connectivity index (χ3n) is 3.87. The zero-order valence-corrected chi connectivity index (χ0v) is 13.2. The molecule has 0 amide bonds. The van der Waals surface area contributed by atoms with Crippen LogP contribution in [0.2, 0.25) is 5.02 Å². The number of hydrogen-bond acceptors (Lipinski definition) is 3. The molecule has 1 unspecified atom stereocenters. The number of hydrogen-bond donors (Lipinski definition) is 1. The maximum Gasteiger partial charge on any atom is 0.138 e. The molecule has 1 atom stereocenters. The molecule has 3 nitrogen and oxygen atoms in total. The molecule has 1 aliphatic heterocycles. The zero-order chi connectivity index (χ0) is 14.4. The van der Waals surface area contributed by atoms with Crippen molar-refractivity contribution < 1.29 is 4.74 Å². The van der Waals surface area contributed by atoms with Crippen molar-refractivity contribution in [3.05, 3.63) is 23.2 Å². The first-order valence-electron chi connectivity index (χ1n) is 7.64. The summed E-state index contributed by atoms with van der Waals surface area (Å²) in [4.78, 5) is 2.52. The van der Waals surface area contributed by atoms with Crippen LogP contribution >= 0.6 is 11.6 Å². The van der Waals surface area contributed by atoms with Gasteiger partial charge in [-0.2, -0.15) is 0 Å². The summed E-state index contributed by atoms with van der Waals surface area (Å²) in [6, 6.07) is 6.51. The third kappa shape index (κ3) is 4.29. The van der Waals surface area contributed by atoms with E-state index in [4.69, 9.17) is 16.3 Å². The van der Waals surface area contributed by atoms with E-state index in [0.717, 1.165) is 18.0 Å². The lowest BCUT2D eigenvalue weighted by Gasteiger charge is -2.19. The number of ether oxygens (including phenoxy) is 1. The topological polar surface area (TPSA) is 24.5 Å². The highest BCUT2D eigenvalue weighted by Gasteiger charge is 2.16. The molecule has 1 saturated heterocycles. The highest BCUT2D eigenvalue weighted by atomic mass is 35.5. The van der Waals surface area contributed by atoms with Gasteiger partial charge in [-0.1, -0.05) is 18.5 Å². The Morgan fingerprint density at radius 1 is 1.30 bits per heavy atom. The Hall–Kier alpha value is -0.930. The average Bonchev–Trinajstić information content (AvgIpc) is 2.67. The Morgan fingerprint density at radius 2 is 2.15 bits per heavy atom. The van der Waals surface area contributed by atoms with Gasteiger partial charge in [-0.3, -0.25) is 0 Å². The average molecular weight is 297 g/mol. The summed E-state index contributed by atoms with van der Waals surface area (Å²) in [6.45, 7) is 8.40. The van der Waals surface area contributed by atoms with Gasteiger partial charge in [-0.15, -0.1) is 0 Å². The van der Waals surface area contributed by atoms with Crippen LogP contribution in [0.1, 0.15) is 33.1 Å². The Morgan fingerprint density at radius 3 is 2.85 bits per heavy atom. The van der Waals surface area contributed by atoms with Gasteiger partial charge in [0, 0.05) is 18.3 Å². The normalized spacial score (nSPS) is 20.4. The van der Waals surface area contributed by atoms with Crippen LogP contribution in [-0.2, 0) is 0 Å². The summed E-state index contributed by atoms with van der Waals surface area (Å²) in [5.74, 6) is 0.762. The van der Waals surface area contributed by atoms with Crippen molar-refractivity contribution in [2.45, 2.75) is 39.2 Å². The first kappa shape index (κ1) is 15.5. The van der Waals surface area contributed by atoms with Crippen LogP contribution in [0, 0.1) is 0 Å². The third-order valence-corrected chi connectivity index (χ3v) is 4.17. The molecule has 1 heterocycles. The quantitative estimate of drug-likeness (QED) is 0.888. The largest absolute Gasteiger partial charge is 0.492 e. The summed E-state index contributed by atoms with van der Waals surface area (Å²) in [5.41, 5.74) is 1.09. The first-order chi connectivity index (χ1) is 9.72. The zero-order valence-electron chi connectivity index (χ0n) is 12.5. The molecule has 0 aromatic heterocycles. The number of nitrogens with zero attached hydrogens (tertiary/aromatic N) is 1. The maximum absolute atomic E-state index is 6.23. The number of nitrogens with one attached hydrogen (secondary N) is 1. The lowest BCUT2D eigenvalue weighted by atomic mass is 10.1. The molecule has 1 fully saturated rings. The molecule has 0 saturated carbocycles. The van der Waals surface area contributed by atoms with Crippen molar-refractivity contribution in [1.82, 2.24) is 4.90 Å². The lowest BCUT2D eigenvalue weighted by molar-refractivity contribution is 0.300. The van der Waals surface area contributed by atoms with E-state index in [1.165, 1.54) is 32.4 Å². The van der Waals surface area contributed by atoms with Crippen LogP contribution in [0.15, 0.2) is 18.2 Å². The van der Waals surface area contributed by atoms with Gasteiger partial charge in [0.05, 0.1) is 11.6 Å². The van der Waals surface area contributed by atoms with E-state index in [9.17, 15) is 0 Å². The summed E-state index contributed by atoms with van der Waals surface area (Å²) in [6.07, 6.45) is 3.68. The predicted molar refractivity (Wildman–Crippen MR) is 86.0 cm³/mol. The number of rotatable bonds is 5. The smallest absolute Gasteiger partial charge is 0.138 e. The second kappa shape index (κ2) is 7.75. The molecule has 112 valence electrons. The van der Waals surface area contributed by atoms with Crippen molar-refractivity contribution >= 4 is 17.3 Å². The van der Waals surface area contributed by atoms with Gasteiger partial charge >= 0.3 is 0 Å². The molecule has 0 aliphatic carbocycles. The molecular weight excluding hydrogens is 272 g/mol. The molecule has 1 aliphatic rings. The monoisotopic (exact) mass is 296 g/mol. The van der Waals surface area contributed by atoms with E-state index in [1.807, 2.05) is 19.1 Å². The highest BCUT2D eigenvalue weighted by Crippen LogP contribution is 2.28. The Bertz CT molecular complexity index is 425. The van der Waals surface area contributed by atoms with Crippen LogP contribution in [0.4, 0.5) is 5.69 Å². The van der Waals surface area contributed by atoms with Gasteiger partial charge in [-0.25, -0.2) is 0 Å². The molecular formula is C16H25ClN2O. The Balaban J connectivity index is 1.94. The van der Waals surface area contributed by atoms with E-state index < -0.39 is 0 Å². The second-order valence-corrected chi connectivity index (χ2v) is 5.69. The van der Waals surface area contributed by atoms with E-state index in [-0.39, 0.29) is 0 Å². The minimum absolute atomic E-state index is 0.542. The van der Waals surface area contributed by atoms with Gasteiger partial charge < -0.3 is 15.0 Å². The van der Waals surface area contributed by atoms with Gasteiger partial charge in [0.1, 0.15) is 5.75 Å². The minimum Gasteiger partial charge on any atom is -0.492 e. The molecule has 0 spiro atoms. The van der Waals surface area contributed by atoms with Crippen molar-refractivity contribution in [3.8, 4) is 5.75 Å². The Kier molecular flexibility index (Phi) is 5.99. The van der Waals surface area contributed by atoms with Crippen molar-refractivity contribution in [2.24, 2.45) is 0 Å². The van der Waals surface area contributed by atoms with Crippen LogP contribution in [0.25, 0.3) is 0 Å². The van der Waals surface area contributed by atoms with E-state index in [1.54, 1.807) is 0 Å². The lowest BCUT2D eigenvalue weighted by Crippen LogP contribution is -2.26. The number of halogens is 1. The molecule has 0 bridgehead atoms. The molecule has 2 rings (SSSR count). The fourth-order valence-electron chi connectivity index (χ4n) is 2.72. The molecule has 4 heteroatoms. The van der Waals surface area contributed by atoms with Gasteiger partial charge in [0.25, 0.3) is 0 Å². The van der Waals surface area contributed by atoms with E-state index >= 15 is 0 Å². The van der Waals surface area contributed by atoms with Crippen molar-refractivity contribution in [3.63, 3.8) is 0 Å². The van der Waals surface area contributed by atoms with Crippen LogP contribution < -0.4 is 10.1 Å². The van der Waals surface area contributed by atoms with Gasteiger partial charge in [-0.05, 0) is 57.5 Å². The Labute approximate surface area is 127 Å². The summed E-state index contributed by atoms with van der Waals surface area (Å²) in [7, 11) is 0. The van der Waals surface area contributed by atoms with E-state index in [2.05, 4.69) is 23.2 Å². The highest BCUT2D eigenvalue weighted by molar-refractivity contribution is 6.32. The molecule has 1 aromatic rings. The fraction of sp³-hybridized carbons (Fsp3) is 0.625. The van der Waals surface area contributed by atoms with Crippen LogP contribution in [0.3, 0.4) is 0 Å². The van der Waals surface area contributed by atoms with Gasteiger partial charge in [0.15, 0.2) is 0 Å². The molecule has 20 heavy (non-hydrogen) atoms. The number of likely N-dealkylation sites (tertiary alicyclic amines) is 1. The SMILES string of the molecule is CCOc1ccc(NC2CCCN(CC)CC2)cc1Cl.